The summed E-state index contributed by atoms with van der Waals surface area (Å²) in [7, 11) is 1.56. The molecule has 0 atom stereocenters. The second-order valence-corrected chi connectivity index (χ2v) is 10.7. The molecule has 4 aromatic rings. The molecular weight excluding hydrogens is 600 g/mol. The lowest BCUT2D eigenvalue weighted by molar-refractivity contribution is 0.0616. The normalized spacial score (nSPS) is 14.2. The predicted molar refractivity (Wildman–Crippen MR) is 149 cm³/mol. The van der Waals surface area contributed by atoms with Crippen LogP contribution in [0.25, 0.3) is 10.8 Å². The van der Waals surface area contributed by atoms with Gasteiger partial charge in [-0.25, -0.2) is 0 Å². The molecule has 0 N–H and O–H groups in total. The molecule has 0 saturated heterocycles. The summed E-state index contributed by atoms with van der Waals surface area (Å²) in [5.74, 6) is 0.192. The number of methoxy groups -OCH3 is 1. The number of hydrogen-bond acceptors (Lipinski definition) is 5. The fourth-order valence-electron chi connectivity index (χ4n) is 4.93. The standard InChI is InChI=1S/C29H20Br2N2O4/c1-36-24-13-17(12-23(31)27(24)37-15-16-2-8-20(30)9-3-16)14-32-33-28(34)21-10-6-18-4-5-19-7-11-22(29(33)35)26(21)25(18)19/h2-3,6-14H,4-5,15H2,1H3/b32-14-. The monoisotopic (exact) mass is 618 g/mol. The molecule has 1 heterocycles. The van der Waals surface area contributed by atoms with Crippen molar-refractivity contribution in [2.75, 3.05) is 7.11 Å². The van der Waals surface area contributed by atoms with Gasteiger partial charge in [0.1, 0.15) is 6.61 Å². The molecule has 0 fully saturated rings. The summed E-state index contributed by atoms with van der Waals surface area (Å²) in [5.41, 5.74) is 5.03. The van der Waals surface area contributed by atoms with Crippen LogP contribution in [0.4, 0.5) is 0 Å². The van der Waals surface area contributed by atoms with Gasteiger partial charge >= 0.3 is 0 Å². The summed E-state index contributed by atoms with van der Waals surface area (Å²) in [4.78, 5) is 26.6. The second-order valence-electron chi connectivity index (χ2n) is 8.91. The van der Waals surface area contributed by atoms with Crippen molar-refractivity contribution in [2.45, 2.75) is 19.4 Å². The third-order valence-electron chi connectivity index (χ3n) is 6.71. The van der Waals surface area contributed by atoms with E-state index < -0.39 is 11.8 Å². The van der Waals surface area contributed by atoms with Crippen LogP contribution in [0.15, 0.2) is 74.7 Å². The topological polar surface area (TPSA) is 68.2 Å². The van der Waals surface area contributed by atoms with Gasteiger partial charge in [-0.15, -0.1) is 0 Å². The number of rotatable bonds is 6. The van der Waals surface area contributed by atoms with Crippen molar-refractivity contribution in [3.05, 3.63) is 103 Å². The highest BCUT2D eigenvalue weighted by Gasteiger charge is 2.35. The summed E-state index contributed by atoms with van der Waals surface area (Å²) >= 11 is 6.98. The molecular formula is C29H20Br2N2O4. The van der Waals surface area contributed by atoms with E-state index in [1.54, 1.807) is 19.2 Å². The first-order valence-corrected chi connectivity index (χ1v) is 13.3. The van der Waals surface area contributed by atoms with Gasteiger partial charge in [0.2, 0.25) is 0 Å². The Balaban J connectivity index is 1.28. The quantitative estimate of drug-likeness (QED) is 0.178. The number of nitrogens with zero attached hydrogens (tertiary/aromatic N) is 2. The summed E-state index contributed by atoms with van der Waals surface area (Å²) in [5, 5.41) is 7.04. The van der Waals surface area contributed by atoms with Crippen molar-refractivity contribution >= 4 is 60.7 Å². The summed E-state index contributed by atoms with van der Waals surface area (Å²) < 4.78 is 13.2. The van der Waals surface area contributed by atoms with Crippen molar-refractivity contribution in [3.63, 3.8) is 0 Å². The Hall–Kier alpha value is -3.49. The van der Waals surface area contributed by atoms with Gasteiger partial charge in [-0.2, -0.15) is 10.1 Å². The molecule has 184 valence electrons. The van der Waals surface area contributed by atoms with E-state index in [2.05, 4.69) is 37.0 Å². The van der Waals surface area contributed by atoms with Crippen molar-refractivity contribution in [1.82, 2.24) is 5.01 Å². The lowest BCUT2D eigenvalue weighted by atomic mass is 9.92. The highest BCUT2D eigenvalue weighted by atomic mass is 79.9. The lowest BCUT2D eigenvalue weighted by Gasteiger charge is -2.23. The number of hydrogen-bond donors (Lipinski definition) is 0. The molecule has 8 heteroatoms. The molecule has 4 aromatic carbocycles. The predicted octanol–water partition coefficient (Wildman–Crippen LogP) is 6.68. The SMILES string of the molecule is COc1cc(/C=N\N2C(=O)c3ccc4c5c(ccc(c35)C2=O)CC4)cc(Br)c1OCc1ccc(Br)cc1. The number of carbonyl (C=O) groups excluding carboxylic acids is 2. The van der Waals surface area contributed by atoms with E-state index in [9.17, 15) is 9.59 Å². The summed E-state index contributed by atoms with van der Waals surface area (Å²) in [6.45, 7) is 0.362. The Bertz CT molecular complexity index is 1570. The number of ether oxygens (including phenoxy) is 2. The minimum Gasteiger partial charge on any atom is -0.493 e. The number of amides is 2. The molecule has 0 aromatic heterocycles. The van der Waals surface area contributed by atoms with Crippen molar-refractivity contribution < 1.29 is 19.1 Å². The minimum absolute atomic E-state index is 0.362. The minimum atomic E-state index is -0.426. The molecule has 1 aliphatic carbocycles. The van der Waals surface area contributed by atoms with Gasteiger partial charge in [-0.1, -0.05) is 40.2 Å². The van der Waals surface area contributed by atoms with Crippen LogP contribution < -0.4 is 9.47 Å². The largest absolute Gasteiger partial charge is 0.493 e. The molecule has 6 nitrogen and oxygen atoms in total. The van der Waals surface area contributed by atoms with Gasteiger partial charge in [0.05, 0.1) is 28.9 Å². The number of aryl methyl sites for hydroxylation is 2. The zero-order valence-electron chi connectivity index (χ0n) is 19.8. The van der Waals surface area contributed by atoms with Gasteiger partial charge in [0.25, 0.3) is 11.8 Å². The summed E-state index contributed by atoms with van der Waals surface area (Å²) in [6, 6.07) is 19.0. The van der Waals surface area contributed by atoms with Crippen LogP contribution in [0.2, 0.25) is 0 Å². The molecule has 6 rings (SSSR count). The van der Waals surface area contributed by atoms with E-state index in [1.807, 2.05) is 48.5 Å². The number of halogens is 2. The molecule has 0 spiro atoms. The average Bonchev–Trinajstić information content (AvgIpc) is 3.33. The molecule has 2 amide bonds. The Morgan fingerprint density at radius 1 is 0.892 bits per heavy atom. The van der Waals surface area contributed by atoms with Gasteiger partial charge < -0.3 is 9.47 Å². The lowest BCUT2D eigenvalue weighted by Crippen LogP contribution is -2.36. The molecule has 0 radical (unpaired) electrons. The Kier molecular flexibility index (Phi) is 6.09. The van der Waals surface area contributed by atoms with Gasteiger partial charge in [0, 0.05) is 9.86 Å². The van der Waals surface area contributed by atoms with E-state index in [0.717, 1.165) is 38.7 Å². The van der Waals surface area contributed by atoms with Gasteiger partial charge in [-0.05, 0) is 92.8 Å². The maximum Gasteiger partial charge on any atom is 0.282 e. The van der Waals surface area contributed by atoms with Gasteiger partial charge in [0.15, 0.2) is 11.5 Å². The fraction of sp³-hybridized carbons (Fsp3) is 0.138. The highest BCUT2D eigenvalue weighted by Crippen LogP contribution is 2.39. The van der Waals surface area contributed by atoms with E-state index in [1.165, 1.54) is 17.3 Å². The second kappa shape index (κ2) is 9.43. The zero-order chi connectivity index (χ0) is 25.7. The first-order valence-electron chi connectivity index (χ1n) is 11.7. The summed E-state index contributed by atoms with van der Waals surface area (Å²) in [6.07, 6.45) is 3.34. The molecule has 0 saturated carbocycles. The smallest absolute Gasteiger partial charge is 0.282 e. The van der Waals surface area contributed by atoms with E-state index in [0.29, 0.717) is 39.3 Å². The molecule has 1 aliphatic heterocycles. The van der Waals surface area contributed by atoms with E-state index in [-0.39, 0.29) is 0 Å². The van der Waals surface area contributed by atoms with Crippen LogP contribution in [-0.4, -0.2) is 30.1 Å². The first-order chi connectivity index (χ1) is 17.9. The van der Waals surface area contributed by atoms with E-state index in [4.69, 9.17) is 9.47 Å². The number of carbonyl (C=O) groups is 2. The van der Waals surface area contributed by atoms with Crippen molar-refractivity contribution in [3.8, 4) is 11.5 Å². The number of imide groups is 1. The van der Waals surface area contributed by atoms with Crippen LogP contribution in [-0.2, 0) is 19.4 Å². The third kappa shape index (κ3) is 4.14. The van der Waals surface area contributed by atoms with Gasteiger partial charge in [-0.3, -0.25) is 9.59 Å². The fourth-order valence-corrected chi connectivity index (χ4v) is 5.76. The third-order valence-corrected chi connectivity index (χ3v) is 7.83. The van der Waals surface area contributed by atoms with E-state index >= 15 is 0 Å². The van der Waals surface area contributed by atoms with Crippen LogP contribution in [0.1, 0.15) is 43.0 Å². The molecule has 37 heavy (non-hydrogen) atoms. The zero-order valence-corrected chi connectivity index (χ0v) is 22.9. The maximum atomic E-state index is 13.3. The Labute approximate surface area is 230 Å². The van der Waals surface area contributed by atoms with Crippen LogP contribution in [0, 0.1) is 0 Å². The molecule has 2 aliphatic rings. The van der Waals surface area contributed by atoms with Crippen LogP contribution >= 0.6 is 31.9 Å². The van der Waals surface area contributed by atoms with Crippen LogP contribution in [0.5, 0.6) is 11.5 Å². The Morgan fingerprint density at radius 2 is 1.54 bits per heavy atom. The average molecular weight is 620 g/mol. The maximum absolute atomic E-state index is 13.3. The molecule has 0 unspecified atom stereocenters. The number of benzene rings is 4. The molecule has 0 bridgehead atoms. The number of hydrazone groups is 1. The van der Waals surface area contributed by atoms with Crippen LogP contribution in [0.3, 0.4) is 0 Å². The first kappa shape index (κ1) is 23.9. The van der Waals surface area contributed by atoms with Crippen molar-refractivity contribution in [1.29, 1.82) is 0 Å². The Morgan fingerprint density at radius 3 is 2.16 bits per heavy atom. The van der Waals surface area contributed by atoms with Crippen molar-refractivity contribution in [2.24, 2.45) is 5.10 Å². The highest BCUT2D eigenvalue weighted by molar-refractivity contribution is 9.10.